The SMILES string of the molecule is CCCNC(CC)c1nnc(-c2ccc(Br)cc2Cl)o1. The fraction of sp³-hybridized carbons (Fsp3) is 0.429. The van der Waals surface area contributed by atoms with Crippen molar-refractivity contribution in [3.8, 4) is 11.5 Å². The summed E-state index contributed by atoms with van der Waals surface area (Å²) in [5.41, 5.74) is 0.749. The van der Waals surface area contributed by atoms with Crippen molar-refractivity contribution in [2.45, 2.75) is 32.7 Å². The monoisotopic (exact) mass is 357 g/mol. The molecular formula is C14H17BrClN3O. The Labute approximate surface area is 132 Å². The molecule has 6 heteroatoms. The zero-order valence-electron chi connectivity index (χ0n) is 11.5. The molecule has 1 atom stereocenters. The molecule has 1 N–H and O–H groups in total. The molecule has 2 rings (SSSR count). The highest BCUT2D eigenvalue weighted by atomic mass is 79.9. The molecular weight excluding hydrogens is 342 g/mol. The minimum atomic E-state index is 0.0884. The number of halogens is 2. The smallest absolute Gasteiger partial charge is 0.249 e. The summed E-state index contributed by atoms with van der Waals surface area (Å²) in [4.78, 5) is 0. The fourth-order valence-corrected chi connectivity index (χ4v) is 2.63. The lowest BCUT2D eigenvalue weighted by Crippen LogP contribution is -2.21. The second kappa shape index (κ2) is 7.20. The van der Waals surface area contributed by atoms with Gasteiger partial charge in [0.05, 0.1) is 16.6 Å². The molecule has 0 amide bonds. The van der Waals surface area contributed by atoms with Gasteiger partial charge in [-0.05, 0) is 37.6 Å². The second-order valence-corrected chi connectivity index (χ2v) is 5.81. The van der Waals surface area contributed by atoms with E-state index in [-0.39, 0.29) is 6.04 Å². The van der Waals surface area contributed by atoms with Crippen molar-refractivity contribution in [3.63, 3.8) is 0 Å². The number of nitrogens with one attached hydrogen (secondary N) is 1. The largest absolute Gasteiger partial charge is 0.419 e. The van der Waals surface area contributed by atoms with Crippen molar-refractivity contribution in [2.75, 3.05) is 6.54 Å². The Morgan fingerprint density at radius 3 is 2.80 bits per heavy atom. The number of aromatic nitrogens is 2. The van der Waals surface area contributed by atoms with Crippen LogP contribution in [0.3, 0.4) is 0 Å². The van der Waals surface area contributed by atoms with E-state index in [0.29, 0.717) is 16.8 Å². The van der Waals surface area contributed by atoms with Crippen LogP contribution >= 0.6 is 27.5 Å². The summed E-state index contributed by atoms with van der Waals surface area (Å²) >= 11 is 9.57. The first-order valence-corrected chi connectivity index (χ1v) is 7.85. The molecule has 20 heavy (non-hydrogen) atoms. The van der Waals surface area contributed by atoms with Crippen molar-refractivity contribution in [1.82, 2.24) is 15.5 Å². The van der Waals surface area contributed by atoms with Gasteiger partial charge in [-0.2, -0.15) is 0 Å². The summed E-state index contributed by atoms with van der Waals surface area (Å²) in [7, 11) is 0. The third-order valence-electron chi connectivity index (χ3n) is 2.95. The van der Waals surface area contributed by atoms with E-state index in [1.807, 2.05) is 18.2 Å². The Bertz CT molecular complexity index is 573. The zero-order valence-corrected chi connectivity index (χ0v) is 13.8. The molecule has 2 aromatic rings. The van der Waals surface area contributed by atoms with Crippen LogP contribution in [0.4, 0.5) is 0 Å². The molecule has 0 fully saturated rings. The summed E-state index contributed by atoms with van der Waals surface area (Å²) in [5.74, 6) is 1.06. The molecule has 4 nitrogen and oxygen atoms in total. The molecule has 1 unspecified atom stereocenters. The van der Waals surface area contributed by atoms with Gasteiger partial charge in [0.25, 0.3) is 0 Å². The Kier molecular flexibility index (Phi) is 5.57. The van der Waals surface area contributed by atoms with Crippen LogP contribution < -0.4 is 5.32 Å². The van der Waals surface area contributed by atoms with E-state index in [0.717, 1.165) is 29.4 Å². The number of benzene rings is 1. The lowest BCUT2D eigenvalue weighted by Gasteiger charge is -2.11. The summed E-state index contributed by atoms with van der Waals surface area (Å²) in [6.07, 6.45) is 1.96. The average molecular weight is 359 g/mol. The van der Waals surface area contributed by atoms with Gasteiger partial charge in [0.2, 0.25) is 11.8 Å². The van der Waals surface area contributed by atoms with Gasteiger partial charge in [0.15, 0.2) is 0 Å². The molecule has 0 saturated heterocycles. The van der Waals surface area contributed by atoms with Crippen LogP contribution in [-0.4, -0.2) is 16.7 Å². The van der Waals surface area contributed by atoms with Gasteiger partial charge in [0.1, 0.15) is 0 Å². The summed E-state index contributed by atoms with van der Waals surface area (Å²) < 4.78 is 6.67. The van der Waals surface area contributed by atoms with Gasteiger partial charge >= 0.3 is 0 Å². The van der Waals surface area contributed by atoms with E-state index in [1.54, 1.807) is 0 Å². The number of hydrogen-bond acceptors (Lipinski definition) is 4. The van der Waals surface area contributed by atoms with Crippen molar-refractivity contribution in [2.24, 2.45) is 0 Å². The van der Waals surface area contributed by atoms with E-state index in [9.17, 15) is 0 Å². The fourth-order valence-electron chi connectivity index (χ4n) is 1.87. The molecule has 1 aromatic heterocycles. The predicted octanol–water partition coefficient (Wildman–Crippen LogP) is 4.60. The van der Waals surface area contributed by atoms with Crippen molar-refractivity contribution >= 4 is 27.5 Å². The first-order chi connectivity index (χ1) is 9.65. The minimum absolute atomic E-state index is 0.0884. The van der Waals surface area contributed by atoms with Gasteiger partial charge in [-0.3, -0.25) is 0 Å². The van der Waals surface area contributed by atoms with Crippen LogP contribution in [0.25, 0.3) is 11.5 Å². The maximum atomic E-state index is 6.20. The van der Waals surface area contributed by atoms with E-state index < -0.39 is 0 Å². The predicted molar refractivity (Wildman–Crippen MR) is 83.8 cm³/mol. The van der Waals surface area contributed by atoms with Crippen molar-refractivity contribution < 1.29 is 4.42 Å². The van der Waals surface area contributed by atoms with E-state index in [4.69, 9.17) is 16.0 Å². The maximum absolute atomic E-state index is 6.20. The molecule has 0 saturated carbocycles. The van der Waals surface area contributed by atoms with E-state index in [2.05, 4.69) is 45.3 Å². The van der Waals surface area contributed by atoms with Gasteiger partial charge in [-0.25, -0.2) is 0 Å². The molecule has 1 aromatic carbocycles. The molecule has 108 valence electrons. The summed E-state index contributed by atoms with van der Waals surface area (Å²) in [6, 6.07) is 5.67. The quantitative estimate of drug-likeness (QED) is 0.819. The third-order valence-corrected chi connectivity index (χ3v) is 3.76. The Balaban J connectivity index is 2.23. The molecule has 0 spiro atoms. The number of hydrogen-bond donors (Lipinski definition) is 1. The molecule has 0 radical (unpaired) electrons. The molecule has 1 heterocycles. The van der Waals surface area contributed by atoms with Gasteiger partial charge in [-0.15, -0.1) is 10.2 Å². The molecule has 0 aliphatic carbocycles. The van der Waals surface area contributed by atoms with Crippen LogP contribution in [0.15, 0.2) is 27.1 Å². The lowest BCUT2D eigenvalue weighted by atomic mass is 10.2. The number of nitrogens with zero attached hydrogens (tertiary/aromatic N) is 2. The van der Waals surface area contributed by atoms with Crippen LogP contribution in [0.2, 0.25) is 5.02 Å². The Hall–Kier alpha value is -0.910. The topological polar surface area (TPSA) is 51.0 Å². The van der Waals surface area contributed by atoms with Gasteiger partial charge < -0.3 is 9.73 Å². The maximum Gasteiger partial charge on any atom is 0.249 e. The average Bonchev–Trinajstić information content (AvgIpc) is 2.89. The van der Waals surface area contributed by atoms with Crippen LogP contribution in [0.1, 0.15) is 38.6 Å². The molecule has 0 aliphatic heterocycles. The van der Waals surface area contributed by atoms with Crippen LogP contribution in [-0.2, 0) is 0 Å². The zero-order chi connectivity index (χ0) is 14.5. The third kappa shape index (κ3) is 3.59. The highest BCUT2D eigenvalue weighted by molar-refractivity contribution is 9.10. The normalized spacial score (nSPS) is 12.6. The van der Waals surface area contributed by atoms with Gasteiger partial charge in [-0.1, -0.05) is 41.4 Å². The lowest BCUT2D eigenvalue weighted by molar-refractivity contribution is 0.396. The minimum Gasteiger partial charge on any atom is -0.419 e. The Morgan fingerprint density at radius 1 is 1.35 bits per heavy atom. The molecule has 0 aliphatic rings. The van der Waals surface area contributed by atoms with E-state index in [1.165, 1.54) is 0 Å². The first-order valence-electron chi connectivity index (χ1n) is 6.67. The second-order valence-electron chi connectivity index (χ2n) is 4.48. The summed E-state index contributed by atoms with van der Waals surface area (Å²) in [6.45, 7) is 5.14. The Morgan fingerprint density at radius 2 is 2.15 bits per heavy atom. The molecule has 0 bridgehead atoms. The highest BCUT2D eigenvalue weighted by Crippen LogP contribution is 2.30. The van der Waals surface area contributed by atoms with Crippen LogP contribution in [0, 0.1) is 0 Å². The number of rotatable bonds is 6. The van der Waals surface area contributed by atoms with Crippen molar-refractivity contribution in [3.05, 3.63) is 33.6 Å². The highest BCUT2D eigenvalue weighted by Gasteiger charge is 2.18. The standard InChI is InChI=1S/C14H17BrClN3O/c1-3-7-17-12(4-2)14-19-18-13(20-14)10-6-5-9(15)8-11(10)16/h5-6,8,12,17H,3-4,7H2,1-2H3. The van der Waals surface area contributed by atoms with Gasteiger partial charge in [0, 0.05) is 4.47 Å². The van der Waals surface area contributed by atoms with Crippen molar-refractivity contribution in [1.29, 1.82) is 0 Å². The van der Waals surface area contributed by atoms with Crippen LogP contribution in [0.5, 0.6) is 0 Å². The summed E-state index contributed by atoms with van der Waals surface area (Å²) in [5, 5.41) is 12.2. The first kappa shape index (κ1) is 15.5. The van der Waals surface area contributed by atoms with E-state index >= 15 is 0 Å².